The summed E-state index contributed by atoms with van der Waals surface area (Å²) in [5, 5.41) is 4.95. The molecule has 30 heavy (non-hydrogen) atoms. The number of hydrogen-bond acceptors (Lipinski definition) is 3. The molecular weight excluding hydrogens is 416 g/mol. The number of nitrogens with zero attached hydrogens (tertiary/aromatic N) is 3. The van der Waals surface area contributed by atoms with Gasteiger partial charge in [0, 0.05) is 41.9 Å². The standard InChI is InChI=1S/C23H25ClN4OS/c1-15-14-19(16(2)28(15)18-9-7-17(24)8-10-18)22-21(20-6-4-5-11-25-20)26-23(30)27(22)12-13-29-3/h4-11,14,21-22H,12-13H2,1-3H3,(H,26,30)/t21-,22+/m1/s1. The van der Waals surface area contributed by atoms with Crippen LogP contribution in [-0.2, 0) is 4.74 Å². The highest BCUT2D eigenvalue weighted by Gasteiger charge is 2.41. The molecule has 0 spiro atoms. The van der Waals surface area contributed by atoms with Gasteiger partial charge < -0.3 is 19.5 Å². The van der Waals surface area contributed by atoms with Crippen molar-refractivity contribution in [2.75, 3.05) is 20.3 Å². The zero-order valence-corrected chi connectivity index (χ0v) is 18.9. The van der Waals surface area contributed by atoms with Gasteiger partial charge in [0.2, 0.25) is 0 Å². The summed E-state index contributed by atoms with van der Waals surface area (Å²) < 4.78 is 7.62. The monoisotopic (exact) mass is 440 g/mol. The van der Waals surface area contributed by atoms with Gasteiger partial charge in [0.15, 0.2) is 5.11 Å². The van der Waals surface area contributed by atoms with Crippen molar-refractivity contribution < 1.29 is 4.74 Å². The summed E-state index contributed by atoms with van der Waals surface area (Å²) in [6.45, 7) is 5.59. The van der Waals surface area contributed by atoms with E-state index in [1.165, 1.54) is 11.3 Å². The van der Waals surface area contributed by atoms with Crippen LogP contribution in [0.3, 0.4) is 0 Å². The van der Waals surface area contributed by atoms with Crippen molar-refractivity contribution >= 4 is 28.9 Å². The fraction of sp³-hybridized carbons (Fsp3) is 0.304. The molecule has 4 rings (SSSR count). The zero-order chi connectivity index (χ0) is 21.3. The van der Waals surface area contributed by atoms with Gasteiger partial charge in [0.05, 0.1) is 24.4 Å². The Morgan fingerprint density at radius 3 is 2.60 bits per heavy atom. The predicted octanol–water partition coefficient (Wildman–Crippen LogP) is 4.76. The molecule has 3 aromatic rings. The number of halogens is 1. The third kappa shape index (κ3) is 3.83. The molecule has 1 fully saturated rings. The first-order chi connectivity index (χ1) is 14.5. The number of hydrogen-bond donors (Lipinski definition) is 1. The fourth-order valence-corrected chi connectivity index (χ4v) is 4.71. The maximum Gasteiger partial charge on any atom is 0.170 e. The first kappa shape index (κ1) is 20.8. The third-order valence-electron chi connectivity index (χ3n) is 5.61. The van der Waals surface area contributed by atoms with Crippen LogP contribution in [0.4, 0.5) is 0 Å². The van der Waals surface area contributed by atoms with Crippen LogP contribution in [0.1, 0.15) is 34.7 Å². The minimum atomic E-state index is -0.0327. The van der Waals surface area contributed by atoms with Gasteiger partial charge in [-0.3, -0.25) is 4.98 Å². The van der Waals surface area contributed by atoms with Crippen molar-refractivity contribution in [3.05, 3.63) is 82.4 Å². The third-order valence-corrected chi connectivity index (χ3v) is 6.21. The van der Waals surface area contributed by atoms with Crippen molar-refractivity contribution in [1.29, 1.82) is 0 Å². The Morgan fingerprint density at radius 2 is 1.93 bits per heavy atom. The molecule has 0 saturated carbocycles. The highest BCUT2D eigenvalue weighted by Crippen LogP contribution is 2.41. The van der Waals surface area contributed by atoms with Gasteiger partial charge in [-0.05, 0) is 74.1 Å². The van der Waals surface area contributed by atoms with Crippen LogP contribution in [-0.4, -0.2) is 39.8 Å². The molecule has 2 atom stereocenters. The summed E-state index contributed by atoms with van der Waals surface area (Å²) in [6.07, 6.45) is 1.83. The number of thiocarbonyl (C=S) groups is 1. The molecule has 1 aliphatic heterocycles. The van der Waals surface area contributed by atoms with Crippen LogP contribution in [0.15, 0.2) is 54.7 Å². The average molecular weight is 441 g/mol. The summed E-state index contributed by atoms with van der Waals surface area (Å²) in [4.78, 5) is 6.83. The Balaban J connectivity index is 1.81. The molecule has 1 aromatic carbocycles. The summed E-state index contributed by atoms with van der Waals surface area (Å²) in [5.74, 6) is 0. The lowest BCUT2D eigenvalue weighted by Crippen LogP contribution is -2.32. The number of rotatable bonds is 6. The zero-order valence-electron chi connectivity index (χ0n) is 17.3. The largest absolute Gasteiger partial charge is 0.383 e. The Kier molecular flexibility index (Phi) is 6.09. The molecule has 1 saturated heterocycles. The molecular formula is C23H25ClN4OS. The molecule has 156 valence electrons. The number of pyridine rings is 1. The lowest BCUT2D eigenvalue weighted by Gasteiger charge is -2.28. The Morgan fingerprint density at radius 1 is 1.17 bits per heavy atom. The van der Waals surface area contributed by atoms with E-state index in [9.17, 15) is 0 Å². The van der Waals surface area contributed by atoms with Crippen LogP contribution in [0, 0.1) is 13.8 Å². The van der Waals surface area contributed by atoms with Gasteiger partial charge in [-0.1, -0.05) is 17.7 Å². The van der Waals surface area contributed by atoms with Gasteiger partial charge in [0.1, 0.15) is 0 Å². The Labute approximate surface area is 187 Å². The molecule has 1 N–H and O–H groups in total. The highest BCUT2D eigenvalue weighted by molar-refractivity contribution is 7.80. The minimum Gasteiger partial charge on any atom is -0.383 e. The van der Waals surface area contributed by atoms with Gasteiger partial charge in [-0.15, -0.1) is 0 Å². The van der Waals surface area contributed by atoms with E-state index in [4.69, 9.17) is 28.6 Å². The lowest BCUT2D eigenvalue weighted by molar-refractivity contribution is 0.164. The van der Waals surface area contributed by atoms with Crippen molar-refractivity contribution in [2.45, 2.75) is 25.9 Å². The van der Waals surface area contributed by atoms with Gasteiger partial charge in [-0.25, -0.2) is 0 Å². The molecule has 3 heterocycles. The first-order valence-electron chi connectivity index (χ1n) is 9.93. The van der Waals surface area contributed by atoms with E-state index >= 15 is 0 Å². The number of methoxy groups -OCH3 is 1. The molecule has 0 radical (unpaired) electrons. The maximum absolute atomic E-state index is 6.10. The van der Waals surface area contributed by atoms with E-state index in [1.807, 2.05) is 48.7 Å². The normalized spacial score (nSPS) is 18.7. The van der Waals surface area contributed by atoms with Crippen LogP contribution >= 0.6 is 23.8 Å². The van der Waals surface area contributed by atoms with Gasteiger partial charge in [0.25, 0.3) is 0 Å². The highest BCUT2D eigenvalue weighted by atomic mass is 35.5. The van der Waals surface area contributed by atoms with Gasteiger partial charge >= 0.3 is 0 Å². The predicted molar refractivity (Wildman–Crippen MR) is 124 cm³/mol. The van der Waals surface area contributed by atoms with Crippen molar-refractivity contribution in [1.82, 2.24) is 19.8 Å². The van der Waals surface area contributed by atoms with E-state index in [0.29, 0.717) is 13.2 Å². The molecule has 0 bridgehead atoms. The molecule has 7 heteroatoms. The SMILES string of the molecule is COCCN1C(=S)N[C@H](c2ccccn2)[C@@H]1c1cc(C)n(-c2ccc(Cl)cc2)c1C. The molecule has 0 aliphatic carbocycles. The summed E-state index contributed by atoms with van der Waals surface area (Å²) in [6, 6.07) is 16.2. The molecule has 5 nitrogen and oxygen atoms in total. The maximum atomic E-state index is 6.10. The molecule has 0 unspecified atom stereocenters. The van der Waals surface area contributed by atoms with Crippen LogP contribution in [0.2, 0.25) is 5.02 Å². The Hall–Kier alpha value is -2.41. The van der Waals surface area contributed by atoms with Gasteiger partial charge in [-0.2, -0.15) is 0 Å². The van der Waals surface area contributed by atoms with Crippen LogP contribution in [0.25, 0.3) is 5.69 Å². The molecule has 0 amide bonds. The Bertz CT molecular complexity index is 1040. The van der Waals surface area contributed by atoms with Crippen LogP contribution in [0.5, 0.6) is 0 Å². The van der Waals surface area contributed by atoms with E-state index in [1.54, 1.807) is 7.11 Å². The van der Waals surface area contributed by atoms with E-state index in [-0.39, 0.29) is 12.1 Å². The number of nitrogens with one attached hydrogen (secondary N) is 1. The van der Waals surface area contributed by atoms with Crippen molar-refractivity contribution in [3.8, 4) is 5.69 Å². The molecule has 1 aliphatic rings. The molecule has 2 aromatic heterocycles. The smallest absolute Gasteiger partial charge is 0.170 e. The second-order valence-corrected chi connectivity index (χ2v) is 8.27. The second kappa shape index (κ2) is 8.76. The lowest BCUT2D eigenvalue weighted by atomic mass is 9.97. The minimum absolute atomic E-state index is 0.0230. The summed E-state index contributed by atoms with van der Waals surface area (Å²) in [5.41, 5.74) is 5.62. The summed E-state index contributed by atoms with van der Waals surface area (Å²) >= 11 is 11.8. The average Bonchev–Trinajstić information content (AvgIpc) is 3.23. The topological polar surface area (TPSA) is 42.3 Å². The fourth-order valence-electron chi connectivity index (χ4n) is 4.25. The van der Waals surface area contributed by atoms with E-state index in [2.05, 4.69) is 39.7 Å². The number of aromatic nitrogens is 2. The summed E-state index contributed by atoms with van der Waals surface area (Å²) in [7, 11) is 1.71. The number of ether oxygens (including phenoxy) is 1. The number of benzene rings is 1. The van der Waals surface area contributed by atoms with Crippen molar-refractivity contribution in [2.24, 2.45) is 0 Å². The second-order valence-electron chi connectivity index (χ2n) is 7.45. The van der Waals surface area contributed by atoms with E-state index < -0.39 is 0 Å². The first-order valence-corrected chi connectivity index (χ1v) is 10.7. The number of aryl methyl sites for hydroxylation is 1. The van der Waals surface area contributed by atoms with E-state index in [0.717, 1.165) is 27.2 Å². The van der Waals surface area contributed by atoms with Crippen LogP contribution < -0.4 is 5.32 Å². The quantitative estimate of drug-likeness (QED) is 0.559. The van der Waals surface area contributed by atoms with Crippen molar-refractivity contribution in [3.63, 3.8) is 0 Å².